The molecule has 0 spiro atoms. The summed E-state index contributed by atoms with van der Waals surface area (Å²) in [4.78, 5) is 12.8. The first-order valence-electron chi connectivity index (χ1n) is 13.0. The Morgan fingerprint density at radius 2 is 1.66 bits per heavy atom. The molecule has 0 saturated heterocycles. The van der Waals surface area contributed by atoms with Gasteiger partial charge >= 0.3 is 0 Å². The van der Waals surface area contributed by atoms with Crippen molar-refractivity contribution >= 4 is 15.9 Å². The molecule has 4 bridgehead atoms. The first kappa shape index (κ1) is 24.3. The number of carbonyl (C=O) groups is 1. The topological polar surface area (TPSA) is 84.5 Å². The van der Waals surface area contributed by atoms with Crippen LogP contribution in [0.5, 0.6) is 5.75 Å². The molecular weight excluding hydrogens is 460 g/mol. The molecule has 0 heterocycles. The molecule has 0 radical (unpaired) electrons. The van der Waals surface area contributed by atoms with Crippen molar-refractivity contribution in [2.75, 3.05) is 13.2 Å². The summed E-state index contributed by atoms with van der Waals surface area (Å²) in [6.45, 7) is 3.13. The molecule has 1 amide bonds. The predicted octanol–water partition coefficient (Wildman–Crippen LogP) is 4.70. The lowest BCUT2D eigenvalue weighted by Gasteiger charge is -2.56. The second-order valence-electron chi connectivity index (χ2n) is 10.8. The van der Waals surface area contributed by atoms with Gasteiger partial charge in [-0.05, 0) is 105 Å². The summed E-state index contributed by atoms with van der Waals surface area (Å²) in [5.74, 6) is 2.61. The van der Waals surface area contributed by atoms with E-state index in [1.165, 1.54) is 19.3 Å². The van der Waals surface area contributed by atoms with Crippen LogP contribution in [0.1, 0.15) is 67.8 Å². The zero-order valence-electron chi connectivity index (χ0n) is 20.5. The molecule has 4 aliphatic carbocycles. The van der Waals surface area contributed by atoms with Crippen molar-refractivity contribution in [2.45, 2.75) is 68.7 Å². The van der Waals surface area contributed by atoms with E-state index in [0.29, 0.717) is 53.5 Å². The molecule has 2 aromatic rings. The van der Waals surface area contributed by atoms with E-state index in [1.807, 2.05) is 31.2 Å². The van der Waals surface area contributed by atoms with Gasteiger partial charge in [-0.25, -0.2) is 13.1 Å². The molecule has 4 fully saturated rings. The van der Waals surface area contributed by atoms with Crippen LogP contribution in [0.25, 0.3) is 0 Å². The summed E-state index contributed by atoms with van der Waals surface area (Å²) in [6.07, 6.45) is 8.35. The van der Waals surface area contributed by atoms with E-state index >= 15 is 0 Å². The normalized spacial score (nSPS) is 27.1. The Bertz CT molecular complexity index is 1120. The summed E-state index contributed by atoms with van der Waals surface area (Å²) >= 11 is 0. The van der Waals surface area contributed by atoms with Gasteiger partial charge in [0.15, 0.2) is 0 Å². The Morgan fingerprint density at radius 3 is 2.29 bits per heavy atom. The Hall–Kier alpha value is -2.38. The van der Waals surface area contributed by atoms with Crippen LogP contribution in [0, 0.1) is 17.8 Å². The molecule has 6 rings (SSSR count). The van der Waals surface area contributed by atoms with E-state index in [0.717, 1.165) is 31.2 Å². The number of carbonyl (C=O) groups excluding carboxylic acids is 1. The van der Waals surface area contributed by atoms with Crippen LogP contribution in [0.15, 0.2) is 53.4 Å². The molecule has 6 nitrogen and oxygen atoms in total. The van der Waals surface area contributed by atoms with Crippen LogP contribution in [-0.4, -0.2) is 33.0 Å². The molecule has 4 saturated carbocycles. The van der Waals surface area contributed by atoms with Gasteiger partial charge in [-0.15, -0.1) is 0 Å². The minimum Gasteiger partial charge on any atom is -0.494 e. The zero-order valence-corrected chi connectivity index (χ0v) is 21.3. The van der Waals surface area contributed by atoms with Crippen molar-refractivity contribution in [3.8, 4) is 5.75 Å². The first-order valence-corrected chi connectivity index (χ1v) is 14.5. The van der Waals surface area contributed by atoms with E-state index in [4.69, 9.17) is 4.74 Å². The van der Waals surface area contributed by atoms with Gasteiger partial charge in [0.2, 0.25) is 10.0 Å². The van der Waals surface area contributed by atoms with Crippen LogP contribution < -0.4 is 14.8 Å². The third kappa shape index (κ3) is 5.56. The molecule has 0 unspecified atom stereocenters. The summed E-state index contributed by atoms with van der Waals surface area (Å²) in [6, 6.07) is 14.3. The maximum absolute atomic E-state index is 13.2. The smallest absolute Gasteiger partial charge is 0.251 e. The minimum atomic E-state index is -3.55. The van der Waals surface area contributed by atoms with Gasteiger partial charge in [-0.3, -0.25) is 4.79 Å². The van der Waals surface area contributed by atoms with E-state index in [9.17, 15) is 13.2 Å². The van der Waals surface area contributed by atoms with Crippen LogP contribution in [0.2, 0.25) is 0 Å². The Labute approximate surface area is 208 Å². The molecule has 0 atom stereocenters. The zero-order chi connectivity index (χ0) is 24.5. The fraction of sp³-hybridized carbons (Fsp3) is 0.536. The number of hydrogen-bond acceptors (Lipinski definition) is 4. The second kappa shape index (κ2) is 9.94. The number of hydrogen-bond donors (Lipinski definition) is 2. The van der Waals surface area contributed by atoms with Crippen molar-refractivity contribution in [2.24, 2.45) is 17.8 Å². The van der Waals surface area contributed by atoms with E-state index in [2.05, 4.69) is 10.0 Å². The molecule has 0 aromatic heterocycles. The SMILES string of the molecule is CCCOc1cccc(C(=O)NCCc2ccc(S(=O)(=O)NC34CC5CC(CC(C5)C3)C4)cc2)c1. The number of benzene rings is 2. The van der Waals surface area contributed by atoms with Gasteiger partial charge in [0.05, 0.1) is 11.5 Å². The van der Waals surface area contributed by atoms with E-state index < -0.39 is 10.0 Å². The average molecular weight is 497 g/mol. The largest absolute Gasteiger partial charge is 0.494 e. The number of nitrogens with one attached hydrogen (secondary N) is 2. The molecular formula is C28H36N2O4S. The lowest BCUT2D eigenvalue weighted by atomic mass is 9.53. The summed E-state index contributed by atoms with van der Waals surface area (Å²) in [5.41, 5.74) is 1.31. The van der Waals surface area contributed by atoms with Crippen molar-refractivity contribution in [1.82, 2.24) is 10.0 Å². The summed E-state index contributed by atoms with van der Waals surface area (Å²) in [7, 11) is -3.55. The van der Waals surface area contributed by atoms with Crippen LogP contribution in [0.3, 0.4) is 0 Å². The van der Waals surface area contributed by atoms with E-state index in [1.54, 1.807) is 24.3 Å². The highest BCUT2D eigenvalue weighted by Crippen LogP contribution is 2.55. The molecule has 0 aliphatic heterocycles. The molecule has 188 valence electrons. The monoisotopic (exact) mass is 496 g/mol. The molecule has 7 heteroatoms. The van der Waals surface area contributed by atoms with Crippen molar-refractivity contribution in [3.63, 3.8) is 0 Å². The van der Waals surface area contributed by atoms with Gasteiger partial charge in [-0.2, -0.15) is 0 Å². The second-order valence-corrected chi connectivity index (χ2v) is 12.5. The fourth-order valence-electron chi connectivity index (χ4n) is 6.78. The quantitative estimate of drug-likeness (QED) is 0.500. The average Bonchev–Trinajstić information content (AvgIpc) is 2.81. The van der Waals surface area contributed by atoms with Crippen LogP contribution in [0.4, 0.5) is 0 Å². The molecule has 4 aliphatic rings. The van der Waals surface area contributed by atoms with Gasteiger partial charge in [-0.1, -0.05) is 25.1 Å². The van der Waals surface area contributed by atoms with Crippen LogP contribution >= 0.6 is 0 Å². The number of ether oxygens (including phenoxy) is 1. The first-order chi connectivity index (χ1) is 16.8. The fourth-order valence-corrected chi connectivity index (χ4v) is 8.22. The lowest BCUT2D eigenvalue weighted by Crippen LogP contribution is -2.59. The van der Waals surface area contributed by atoms with E-state index in [-0.39, 0.29) is 11.4 Å². The molecule has 2 N–H and O–H groups in total. The minimum absolute atomic E-state index is 0.147. The highest BCUT2D eigenvalue weighted by atomic mass is 32.2. The Balaban J connectivity index is 1.15. The Morgan fingerprint density at radius 1 is 1.00 bits per heavy atom. The number of amides is 1. The van der Waals surface area contributed by atoms with Crippen molar-refractivity contribution in [3.05, 3.63) is 59.7 Å². The van der Waals surface area contributed by atoms with Gasteiger partial charge in [0.25, 0.3) is 5.91 Å². The van der Waals surface area contributed by atoms with Gasteiger partial charge in [0, 0.05) is 17.6 Å². The lowest BCUT2D eigenvalue weighted by molar-refractivity contribution is -0.00810. The van der Waals surface area contributed by atoms with Crippen molar-refractivity contribution < 1.29 is 17.9 Å². The predicted molar refractivity (Wildman–Crippen MR) is 136 cm³/mol. The van der Waals surface area contributed by atoms with Crippen molar-refractivity contribution in [1.29, 1.82) is 0 Å². The highest BCUT2D eigenvalue weighted by molar-refractivity contribution is 7.89. The highest BCUT2D eigenvalue weighted by Gasteiger charge is 2.52. The summed E-state index contributed by atoms with van der Waals surface area (Å²) < 4.78 is 35.1. The molecule has 35 heavy (non-hydrogen) atoms. The number of rotatable bonds is 10. The third-order valence-corrected chi connectivity index (χ3v) is 9.49. The standard InChI is InChI=1S/C28H36N2O4S/c1-2-12-34-25-5-3-4-24(16-25)27(31)29-11-10-20-6-8-26(9-7-20)35(32,33)30-28-17-21-13-22(18-28)15-23(14-21)19-28/h3-9,16,21-23,30H,2,10-15,17-19H2,1H3,(H,29,31). The van der Waals surface area contributed by atoms with Gasteiger partial charge in [0.1, 0.15) is 5.75 Å². The number of sulfonamides is 1. The maximum Gasteiger partial charge on any atom is 0.251 e. The van der Waals surface area contributed by atoms with Gasteiger partial charge < -0.3 is 10.1 Å². The maximum atomic E-state index is 13.2. The molecule has 2 aromatic carbocycles. The summed E-state index contributed by atoms with van der Waals surface area (Å²) in [5, 5.41) is 2.94. The van der Waals surface area contributed by atoms with Crippen LogP contribution in [-0.2, 0) is 16.4 Å². The third-order valence-electron chi connectivity index (χ3n) is 7.89. The Kier molecular flexibility index (Phi) is 6.91.